The first kappa shape index (κ1) is 14.4. The average molecular weight is 269 g/mol. The summed E-state index contributed by atoms with van der Waals surface area (Å²) in [4.78, 5) is 22.9. The fourth-order valence-corrected chi connectivity index (χ4v) is 1.92. The molecule has 1 aromatic carbocycles. The lowest BCUT2D eigenvalue weighted by Gasteiger charge is -2.10. The quantitative estimate of drug-likeness (QED) is 0.876. The van der Waals surface area contributed by atoms with Crippen LogP contribution in [0.1, 0.15) is 24.2 Å². The molecule has 6 heteroatoms. The number of sulfone groups is 1. The van der Waals surface area contributed by atoms with E-state index in [9.17, 15) is 18.0 Å². The van der Waals surface area contributed by atoms with E-state index >= 15 is 0 Å². The Morgan fingerprint density at radius 3 is 2.39 bits per heavy atom. The van der Waals surface area contributed by atoms with Crippen LogP contribution in [0.5, 0.6) is 0 Å². The third-order valence-electron chi connectivity index (χ3n) is 2.48. The SMILES string of the molecule is CC(=O)C(C)NC(=O)c1cccc(S(C)(=O)=O)c1. The first-order chi connectivity index (χ1) is 8.21. The zero-order valence-corrected chi connectivity index (χ0v) is 11.2. The Morgan fingerprint density at radius 2 is 1.89 bits per heavy atom. The van der Waals surface area contributed by atoms with Crippen molar-refractivity contribution in [1.29, 1.82) is 0 Å². The van der Waals surface area contributed by atoms with Crippen LogP contribution in [0.15, 0.2) is 29.2 Å². The van der Waals surface area contributed by atoms with Crippen molar-refractivity contribution in [3.05, 3.63) is 29.8 Å². The Balaban J connectivity index is 2.98. The minimum Gasteiger partial charge on any atom is -0.343 e. The average Bonchev–Trinajstić information content (AvgIpc) is 2.27. The third kappa shape index (κ3) is 3.66. The van der Waals surface area contributed by atoms with Crippen LogP contribution in [-0.4, -0.2) is 32.4 Å². The van der Waals surface area contributed by atoms with Crippen molar-refractivity contribution < 1.29 is 18.0 Å². The van der Waals surface area contributed by atoms with Crippen LogP contribution in [0.4, 0.5) is 0 Å². The smallest absolute Gasteiger partial charge is 0.251 e. The predicted molar refractivity (Wildman–Crippen MR) is 67.2 cm³/mol. The number of hydrogen-bond acceptors (Lipinski definition) is 4. The molecule has 0 fully saturated rings. The van der Waals surface area contributed by atoms with Gasteiger partial charge in [0.1, 0.15) is 0 Å². The van der Waals surface area contributed by atoms with Crippen LogP contribution in [0.25, 0.3) is 0 Å². The highest BCUT2D eigenvalue weighted by Crippen LogP contribution is 2.11. The molecule has 0 saturated heterocycles. The van der Waals surface area contributed by atoms with Crippen molar-refractivity contribution in [2.45, 2.75) is 24.8 Å². The van der Waals surface area contributed by atoms with E-state index in [0.29, 0.717) is 0 Å². The van der Waals surface area contributed by atoms with Gasteiger partial charge in [-0.15, -0.1) is 0 Å². The molecule has 0 radical (unpaired) electrons. The molecule has 1 atom stereocenters. The molecule has 1 aromatic rings. The maximum atomic E-state index is 11.8. The molecule has 0 heterocycles. The molecule has 1 unspecified atom stereocenters. The van der Waals surface area contributed by atoms with Gasteiger partial charge in [-0.2, -0.15) is 0 Å². The zero-order valence-electron chi connectivity index (χ0n) is 10.4. The highest BCUT2D eigenvalue weighted by atomic mass is 32.2. The number of hydrogen-bond donors (Lipinski definition) is 1. The van der Waals surface area contributed by atoms with Crippen LogP contribution >= 0.6 is 0 Å². The van der Waals surface area contributed by atoms with Crippen molar-refractivity contribution in [3.8, 4) is 0 Å². The molecule has 0 aliphatic rings. The number of nitrogens with one attached hydrogen (secondary N) is 1. The molecule has 0 spiro atoms. The highest BCUT2D eigenvalue weighted by molar-refractivity contribution is 7.90. The van der Waals surface area contributed by atoms with E-state index in [4.69, 9.17) is 0 Å². The molecule has 1 N–H and O–H groups in total. The Bertz CT molecular complexity index is 577. The molecular formula is C12H15NO4S. The second-order valence-corrected chi connectivity index (χ2v) is 6.12. The van der Waals surface area contributed by atoms with Gasteiger partial charge in [-0.1, -0.05) is 6.07 Å². The molecule has 1 rings (SSSR count). The summed E-state index contributed by atoms with van der Waals surface area (Å²) in [6.45, 7) is 2.94. The van der Waals surface area contributed by atoms with Crippen LogP contribution < -0.4 is 5.32 Å². The number of carbonyl (C=O) groups is 2. The molecular weight excluding hydrogens is 254 g/mol. The summed E-state index contributed by atoms with van der Waals surface area (Å²) in [7, 11) is -3.35. The molecule has 1 amide bonds. The van der Waals surface area contributed by atoms with Crippen molar-refractivity contribution in [1.82, 2.24) is 5.32 Å². The fraction of sp³-hybridized carbons (Fsp3) is 0.333. The fourth-order valence-electron chi connectivity index (χ4n) is 1.25. The predicted octanol–water partition coefficient (Wildman–Crippen LogP) is 0.797. The van der Waals surface area contributed by atoms with E-state index in [1.54, 1.807) is 6.92 Å². The summed E-state index contributed by atoms with van der Waals surface area (Å²) >= 11 is 0. The number of ketones is 1. The third-order valence-corrected chi connectivity index (χ3v) is 3.59. The first-order valence-corrected chi connectivity index (χ1v) is 7.22. The number of amides is 1. The van der Waals surface area contributed by atoms with Crippen LogP contribution in [0.2, 0.25) is 0 Å². The van der Waals surface area contributed by atoms with Gasteiger partial charge in [0, 0.05) is 11.8 Å². The van der Waals surface area contributed by atoms with E-state index in [-0.39, 0.29) is 16.2 Å². The van der Waals surface area contributed by atoms with Gasteiger partial charge in [0.15, 0.2) is 15.6 Å². The maximum Gasteiger partial charge on any atom is 0.251 e. The summed E-state index contributed by atoms with van der Waals surface area (Å²) in [6, 6.07) is 5.10. The summed E-state index contributed by atoms with van der Waals surface area (Å²) in [5, 5.41) is 2.49. The van der Waals surface area contributed by atoms with Crippen LogP contribution in [0, 0.1) is 0 Å². The molecule has 0 aromatic heterocycles. The number of rotatable bonds is 4. The molecule has 0 bridgehead atoms. The second kappa shape index (κ2) is 5.30. The van der Waals surface area contributed by atoms with E-state index in [0.717, 1.165) is 6.26 Å². The van der Waals surface area contributed by atoms with Gasteiger partial charge < -0.3 is 5.32 Å². The molecule has 5 nitrogen and oxygen atoms in total. The van der Waals surface area contributed by atoms with Gasteiger partial charge >= 0.3 is 0 Å². The van der Waals surface area contributed by atoms with Crippen molar-refractivity contribution in [3.63, 3.8) is 0 Å². The van der Waals surface area contributed by atoms with Crippen molar-refractivity contribution in [2.24, 2.45) is 0 Å². The summed E-state index contributed by atoms with van der Waals surface area (Å²) < 4.78 is 22.7. The monoisotopic (exact) mass is 269 g/mol. The molecule has 0 saturated carbocycles. The maximum absolute atomic E-state index is 11.8. The van der Waals surface area contributed by atoms with E-state index in [1.807, 2.05) is 0 Å². The van der Waals surface area contributed by atoms with Gasteiger partial charge in [0.2, 0.25) is 0 Å². The lowest BCUT2D eigenvalue weighted by molar-refractivity contribution is -0.118. The van der Waals surface area contributed by atoms with Gasteiger partial charge in [-0.05, 0) is 32.0 Å². The Kier molecular flexibility index (Phi) is 4.24. The Labute approximate surface area is 106 Å². The Morgan fingerprint density at radius 1 is 1.28 bits per heavy atom. The normalized spacial score (nSPS) is 12.8. The number of Topliss-reactive ketones (excluding diaryl/α,β-unsaturated/α-hetero) is 1. The Hall–Kier alpha value is -1.69. The van der Waals surface area contributed by atoms with Crippen molar-refractivity contribution >= 4 is 21.5 Å². The minimum absolute atomic E-state index is 0.0747. The number of benzene rings is 1. The molecule has 0 aliphatic heterocycles. The molecule has 18 heavy (non-hydrogen) atoms. The highest BCUT2D eigenvalue weighted by Gasteiger charge is 2.15. The van der Waals surface area contributed by atoms with Gasteiger partial charge in [-0.3, -0.25) is 9.59 Å². The van der Waals surface area contributed by atoms with E-state index < -0.39 is 21.8 Å². The van der Waals surface area contributed by atoms with Crippen LogP contribution in [-0.2, 0) is 14.6 Å². The summed E-state index contributed by atoms with van der Waals surface area (Å²) in [6.07, 6.45) is 1.07. The second-order valence-electron chi connectivity index (χ2n) is 4.11. The summed E-state index contributed by atoms with van der Waals surface area (Å²) in [5.74, 6) is -0.634. The first-order valence-electron chi connectivity index (χ1n) is 5.33. The van der Waals surface area contributed by atoms with E-state index in [1.165, 1.54) is 31.2 Å². The van der Waals surface area contributed by atoms with Crippen LogP contribution in [0.3, 0.4) is 0 Å². The zero-order chi connectivity index (χ0) is 13.9. The number of carbonyl (C=O) groups excluding carboxylic acids is 2. The molecule has 98 valence electrons. The molecule has 0 aliphatic carbocycles. The lowest BCUT2D eigenvalue weighted by atomic mass is 10.2. The van der Waals surface area contributed by atoms with Gasteiger partial charge in [0.05, 0.1) is 10.9 Å². The van der Waals surface area contributed by atoms with Crippen molar-refractivity contribution in [2.75, 3.05) is 6.26 Å². The standard InChI is InChI=1S/C12H15NO4S/c1-8(9(2)14)13-12(15)10-5-4-6-11(7-10)18(3,16)17/h4-8H,1-3H3,(H,13,15). The largest absolute Gasteiger partial charge is 0.343 e. The van der Waals surface area contributed by atoms with Gasteiger partial charge in [0.25, 0.3) is 5.91 Å². The summed E-state index contributed by atoms with van der Waals surface area (Å²) in [5.41, 5.74) is 0.214. The minimum atomic E-state index is -3.35. The van der Waals surface area contributed by atoms with Gasteiger partial charge in [-0.25, -0.2) is 8.42 Å². The lowest BCUT2D eigenvalue weighted by Crippen LogP contribution is -2.37. The van der Waals surface area contributed by atoms with E-state index in [2.05, 4.69) is 5.32 Å². The topological polar surface area (TPSA) is 80.3 Å².